The number of esters is 1. The highest BCUT2D eigenvalue weighted by atomic mass is 32.2. The molecule has 0 bridgehead atoms. The lowest BCUT2D eigenvalue weighted by atomic mass is 10.3. The van der Waals surface area contributed by atoms with E-state index in [2.05, 4.69) is 12.0 Å². The highest BCUT2D eigenvalue weighted by molar-refractivity contribution is 7.99. The summed E-state index contributed by atoms with van der Waals surface area (Å²) in [6.07, 6.45) is 0.864. The minimum Gasteiger partial charge on any atom is -0.461 e. The van der Waals surface area contributed by atoms with E-state index >= 15 is 0 Å². The Morgan fingerprint density at radius 1 is 1.50 bits per heavy atom. The first-order chi connectivity index (χ1) is 8.61. The van der Waals surface area contributed by atoms with Gasteiger partial charge in [-0.25, -0.2) is 4.79 Å². The molecule has 1 rings (SSSR count). The van der Waals surface area contributed by atoms with Crippen molar-refractivity contribution in [3.63, 3.8) is 0 Å². The first kappa shape index (κ1) is 14.9. The maximum atomic E-state index is 11.9. The second kappa shape index (κ2) is 7.31. The standard InChI is InChI=1S/C12H21N3O2S/c1-4-15-11(10(13)9(3)14-15)12(16)17-7-6-8-18-5-2/h4-8,13H2,1-3H3. The topological polar surface area (TPSA) is 70.1 Å². The van der Waals surface area contributed by atoms with Crippen molar-refractivity contribution in [1.29, 1.82) is 0 Å². The summed E-state index contributed by atoms with van der Waals surface area (Å²) < 4.78 is 6.81. The molecule has 5 nitrogen and oxygen atoms in total. The second-order valence-corrected chi connectivity index (χ2v) is 5.24. The molecule has 0 radical (unpaired) electrons. The van der Waals surface area contributed by atoms with Crippen molar-refractivity contribution in [3.05, 3.63) is 11.4 Å². The highest BCUT2D eigenvalue weighted by Crippen LogP contribution is 2.17. The molecule has 0 aromatic carbocycles. The molecule has 0 saturated carbocycles. The van der Waals surface area contributed by atoms with Crippen molar-refractivity contribution in [2.75, 3.05) is 23.8 Å². The van der Waals surface area contributed by atoms with E-state index in [1.807, 2.05) is 18.7 Å². The number of aryl methyl sites for hydroxylation is 2. The fourth-order valence-electron chi connectivity index (χ4n) is 1.58. The number of aromatic nitrogens is 2. The zero-order valence-electron chi connectivity index (χ0n) is 11.2. The van der Waals surface area contributed by atoms with E-state index in [0.717, 1.165) is 17.9 Å². The molecule has 102 valence electrons. The van der Waals surface area contributed by atoms with Gasteiger partial charge in [-0.3, -0.25) is 4.68 Å². The first-order valence-electron chi connectivity index (χ1n) is 6.19. The summed E-state index contributed by atoms with van der Waals surface area (Å²) in [5.74, 6) is 1.71. The molecule has 0 fully saturated rings. The number of hydrogen-bond acceptors (Lipinski definition) is 5. The van der Waals surface area contributed by atoms with Crippen molar-refractivity contribution in [1.82, 2.24) is 9.78 Å². The molecule has 0 aliphatic heterocycles. The van der Waals surface area contributed by atoms with Gasteiger partial charge in [-0.2, -0.15) is 16.9 Å². The molecule has 0 amide bonds. The van der Waals surface area contributed by atoms with E-state index in [-0.39, 0.29) is 5.97 Å². The van der Waals surface area contributed by atoms with Gasteiger partial charge in [0.05, 0.1) is 18.0 Å². The molecule has 0 atom stereocenters. The lowest BCUT2D eigenvalue weighted by Gasteiger charge is -2.06. The summed E-state index contributed by atoms with van der Waals surface area (Å²) in [5.41, 5.74) is 7.31. The number of nitrogen functional groups attached to an aromatic ring is 1. The Morgan fingerprint density at radius 3 is 2.83 bits per heavy atom. The van der Waals surface area contributed by atoms with Gasteiger partial charge in [0.2, 0.25) is 0 Å². The molecule has 1 heterocycles. The quantitative estimate of drug-likeness (QED) is 0.607. The Hall–Kier alpha value is -1.17. The largest absolute Gasteiger partial charge is 0.461 e. The van der Waals surface area contributed by atoms with Gasteiger partial charge in [0.15, 0.2) is 5.69 Å². The number of ether oxygens (including phenoxy) is 1. The molecule has 18 heavy (non-hydrogen) atoms. The summed E-state index contributed by atoms with van der Waals surface area (Å²) in [5, 5.41) is 4.19. The Bertz CT molecular complexity index is 404. The molecule has 1 aromatic rings. The molecule has 0 spiro atoms. The molecule has 0 saturated heterocycles. The summed E-state index contributed by atoms with van der Waals surface area (Å²) in [6.45, 7) is 6.85. The molecular formula is C12H21N3O2S. The van der Waals surface area contributed by atoms with Crippen molar-refractivity contribution >= 4 is 23.4 Å². The summed E-state index contributed by atoms with van der Waals surface area (Å²) >= 11 is 1.84. The smallest absolute Gasteiger partial charge is 0.358 e. The van der Waals surface area contributed by atoms with Gasteiger partial charge in [0.25, 0.3) is 0 Å². The van der Waals surface area contributed by atoms with E-state index in [9.17, 15) is 4.79 Å². The lowest BCUT2D eigenvalue weighted by molar-refractivity contribution is 0.0493. The van der Waals surface area contributed by atoms with Crippen LogP contribution in [0.3, 0.4) is 0 Å². The van der Waals surface area contributed by atoms with Gasteiger partial charge >= 0.3 is 5.97 Å². The molecule has 1 aromatic heterocycles. The van der Waals surface area contributed by atoms with Gasteiger partial charge in [0, 0.05) is 6.54 Å². The Kier molecular flexibility index (Phi) is 6.04. The Morgan fingerprint density at radius 2 is 2.22 bits per heavy atom. The van der Waals surface area contributed by atoms with Crippen molar-refractivity contribution in [2.45, 2.75) is 33.7 Å². The zero-order valence-corrected chi connectivity index (χ0v) is 12.0. The fourth-order valence-corrected chi connectivity index (χ4v) is 2.19. The molecule has 0 aliphatic carbocycles. The number of thioether (sulfide) groups is 1. The van der Waals surface area contributed by atoms with E-state index in [1.165, 1.54) is 0 Å². The third kappa shape index (κ3) is 3.66. The van der Waals surface area contributed by atoms with E-state index in [4.69, 9.17) is 10.5 Å². The Balaban J connectivity index is 2.56. The highest BCUT2D eigenvalue weighted by Gasteiger charge is 2.20. The van der Waals surface area contributed by atoms with Crippen LogP contribution in [0.15, 0.2) is 0 Å². The minimum atomic E-state index is -0.378. The maximum absolute atomic E-state index is 11.9. The summed E-state index contributed by atoms with van der Waals surface area (Å²) in [7, 11) is 0. The van der Waals surface area contributed by atoms with E-state index in [0.29, 0.717) is 30.2 Å². The van der Waals surface area contributed by atoms with Gasteiger partial charge in [-0.05, 0) is 31.8 Å². The van der Waals surface area contributed by atoms with Gasteiger partial charge in [-0.15, -0.1) is 0 Å². The second-order valence-electron chi connectivity index (χ2n) is 3.85. The SMILES string of the molecule is CCSCCCOC(=O)c1c(N)c(C)nn1CC. The number of rotatable bonds is 7. The van der Waals surface area contributed by atoms with Crippen molar-refractivity contribution < 1.29 is 9.53 Å². The molecule has 6 heteroatoms. The van der Waals surface area contributed by atoms with Crippen LogP contribution in [0.5, 0.6) is 0 Å². The van der Waals surface area contributed by atoms with Crippen molar-refractivity contribution in [2.24, 2.45) is 0 Å². The molecular weight excluding hydrogens is 250 g/mol. The van der Waals surface area contributed by atoms with Crippen LogP contribution in [0.25, 0.3) is 0 Å². The Labute approximate surface area is 112 Å². The van der Waals surface area contributed by atoms with E-state index < -0.39 is 0 Å². The van der Waals surface area contributed by atoms with Crippen LogP contribution in [0.1, 0.15) is 36.5 Å². The van der Waals surface area contributed by atoms with Crippen LogP contribution in [0.4, 0.5) is 5.69 Å². The average molecular weight is 271 g/mol. The van der Waals surface area contributed by atoms with Gasteiger partial charge in [0.1, 0.15) is 0 Å². The van der Waals surface area contributed by atoms with Crippen molar-refractivity contribution in [3.8, 4) is 0 Å². The van der Waals surface area contributed by atoms with Gasteiger partial charge in [-0.1, -0.05) is 6.92 Å². The third-order valence-corrected chi connectivity index (χ3v) is 3.52. The number of carbonyl (C=O) groups is 1. The predicted molar refractivity (Wildman–Crippen MR) is 74.9 cm³/mol. The van der Waals surface area contributed by atoms with Crippen LogP contribution in [0.2, 0.25) is 0 Å². The maximum Gasteiger partial charge on any atom is 0.358 e. The number of nitrogens with two attached hydrogens (primary N) is 1. The lowest BCUT2D eigenvalue weighted by Crippen LogP contribution is -2.15. The molecule has 2 N–H and O–H groups in total. The van der Waals surface area contributed by atoms with Crippen LogP contribution >= 0.6 is 11.8 Å². The normalized spacial score (nSPS) is 10.6. The minimum absolute atomic E-state index is 0.373. The molecule has 0 aliphatic rings. The van der Waals surface area contributed by atoms with Crippen LogP contribution < -0.4 is 5.73 Å². The number of hydrogen-bond donors (Lipinski definition) is 1. The molecule has 0 unspecified atom stereocenters. The van der Waals surface area contributed by atoms with Crippen LogP contribution in [-0.4, -0.2) is 33.9 Å². The summed E-state index contributed by atoms with van der Waals surface area (Å²) in [6, 6.07) is 0. The zero-order chi connectivity index (χ0) is 13.5. The van der Waals surface area contributed by atoms with Crippen LogP contribution in [-0.2, 0) is 11.3 Å². The average Bonchev–Trinajstić information content (AvgIpc) is 2.65. The third-order valence-electron chi connectivity index (χ3n) is 2.54. The predicted octanol–water partition coefficient (Wildman–Crippen LogP) is 2.09. The number of anilines is 1. The van der Waals surface area contributed by atoms with Gasteiger partial charge < -0.3 is 10.5 Å². The van der Waals surface area contributed by atoms with E-state index in [1.54, 1.807) is 11.6 Å². The fraction of sp³-hybridized carbons (Fsp3) is 0.667. The number of nitrogens with zero attached hydrogens (tertiary/aromatic N) is 2. The van der Waals surface area contributed by atoms with Crippen LogP contribution in [0, 0.1) is 6.92 Å². The summed E-state index contributed by atoms with van der Waals surface area (Å²) in [4.78, 5) is 11.9. The first-order valence-corrected chi connectivity index (χ1v) is 7.35. The monoisotopic (exact) mass is 271 g/mol. The number of carbonyl (C=O) groups excluding carboxylic acids is 1.